The fourth-order valence-electron chi connectivity index (χ4n) is 1.96. The lowest BCUT2D eigenvalue weighted by Gasteiger charge is -2.14. The maximum atomic E-state index is 12.0. The van der Waals surface area contributed by atoms with Gasteiger partial charge in [0.1, 0.15) is 4.21 Å². The lowest BCUT2D eigenvalue weighted by atomic mass is 10.1. The van der Waals surface area contributed by atoms with E-state index in [1.54, 1.807) is 6.07 Å². The molecule has 92 valence electrons. The van der Waals surface area contributed by atoms with Gasteiger partial charge in [0.2, 0.25) is 10.0 Å². The molecule has 7 heteroatoms. The summed E-state index contributed by atoms with van der Waals surface area (Å²) in [4.78, 5) is 0. The Balaban J connectivity index is 2.16. The molecule has 0 bridgehead atoms. The zero-order valence-corrected chi connectivity index (χ0v) is 11.3. The minimum Gasteiger partial charge on any atom is -0.206 e. The molecular weight excluding hydrogens is 280 g/mol. The molecule has 2 atom stereocenters. The monoisotopic (exact) mass is 290 g/mol. The minimum atomic E-state index is -3.53. The highest BCUT2D eigenvalue weighted by Gasteiger charge is 2.31. The largest absolute Gasteiger partial charge is 0.250 e. The Labute approximate surface area is 109 Å². The third kappa shape index (κ3) is 2.80. The van der Waals surface area contributed by atoms with Gasteiger partial charge in [0.15, 0.2) is 0 Å². The summed E-state index contributed by atoms with van der Waals surface area (Å²) >= 11 is 6.73. The Bertz CT molecular complexity index is 547. The Morgan fingerprint density at radius 2 is 2.24 bits per heavy atom. The van der Waals surface area contributed by atoms with Crippen molar-refractivity contribution in [3.05, 3.63) is 16.5 Å². The first-order valence-corrected chi connectivity index (χ1v) is 7.88. The molecule has 1 aliphatic rings. The number of hydrogen-bond donors (Lipinski definition) is 1. The molecule has 0 saturated heterocycles. The molecule has 0 radical (unpaired) electrons. The molecule has 0 spiro atoms. The van der Waals surface area contributed by atoms with Crippen LogP contribution in [0.15, 0.2) is 16.3 Å². The van der Waals surface area contributed by atoms with Gasteiger partial charge in [-0.2, -0.15) is 5.26 Å². The van der Waals surface area contributed by atoms with Gasteiger partial charge in [0.25, 0.3) is 0 Å². The van der Waals surface area contributed by atoms with Gasteiger partial charge in [-0.05, 0) is 25.0 Å². The van der Waals surface area contributed by atoms with Crippen LogP contribution in [0.3, 0.4) is 0 Å². The van der Waals surface area contributed by atoms with Crippen molar-refractivity contribution in [3.8, 4) is 6.07 Å². The first-order chi connectivity index (χ1) is 8.03. The number of halogens is 1. The number of hydrogen-bond acceptors (Lipinski definition) is 4. The lowest BCUT2D eigenvalue weighted by Crippen LogP contribution is -2.36. The van der Waals surface area contributed by atoms with E-state index < -0.39 is 10.0 Å². The molecule has 0 aromatic carbocycles. The van der Waals surface area contributed by atoms with Gasteiger partial charge in [-0.1, -0.05) is 18.0 Å². The number of nitriles is 1. The molecule has 0 aliphatic heterocycles. The van der Waals surface area contributed by atoms with E-state index in [0.29, 0.717) is 4.34 Å². The molecule has 17 heavy (non-hydrogen) atoms. The van der Waals surface area contributed by atoms with Crippen LogP contribution in [0.4, 0.5) is 0 Å². The third-order valence-electron chi connectivity index (χ3n) is 2.80. The van der Waals surface area contributed by atoms with E-state index in [2.05, 4.69) is 10.8 Å². The molecule has 1 aromatic heterocycles. The summed E-state index contributed by atoms with van der Waals surface area (Å²) in [7, 11) is -3.53. The van der Waals surface area contributed by atoms with Crippen molar-refractivity contribution in [2.45, 2.75) is 29.5 Å². The highest BCUT2D eigenvalue weighted by atomic mass is 35.5. The Hall–Kier alpha value is -0.610. The van der Waals surface area contributed by atoms with Crippen LogP contribution in [-0.4, -0.2) is 14.5 Å². The predicted octanol–water partition coefficient (Wildman–Crippen LogP) is 2.37. The summed E-state index contributed by atoms with van der Waals surface area (Å²) < 4.78 is 27.2. The Morgan fingerprint density at radius 1 is 1.47 bits per heavy atom. The van der Waals surface area contributed by atoms with Crippen LogP contribution in [-0.2, 0) is 10.0 Å². The van der Waals surface area contributed by atoms with E-state index in [-0.39, 0.29) is 16.2 Å². The summed E-state index contributed by atoms with van der Waals surface area (Å²) in [5, 5.41) is 8.90. The molecule has 2 rings (SSSR count). The first kappa shape index (κ1) is 12.8. The maximum Gasteiger partial charge on any atom is 0.250 e. The van der Waals surface area contributed by atoms with Crippen LogP contribution in [0.1, 0.15) is 19.3 Å². The summed E-state index contributed by atoms with van der Waals surface area (Å²) in [6.07, 6.45) is 2.36. The van der Waals surface area contributed by atoms with Crippen LogP contribution in [0, 0.1) is 17.2 Å². The van der Waals surface area contributed by atoms with E-state index in [1.807, 2.05) is 0 Å². The van der Waals surface area contributed by atoms with Gasteiger partial charge in [-0.15, -0.1) is 11.3 Å². The van der Waals surface area contributed by atoms with Crippen LogP contribution >= 0.6 is 22.9 Å². The van der Waals surface area contributed by atoms with Crippen LogP contribution in [0.2, 0.25) is 4.34 Å². The first-order valence-electron chi connectivity index (χ1n) is 5.20. The SMILES string of the molecule is N#CC1CCCC1NS(=O)(=O)c1ccc(Cl)s1. The summed E-state index contributed by atoms with van der Waals surface area (Å²) in [5.41, 5.74) is 0. The van der Waals surface area contributed by atoms with E-state index >= 15 is 0 Å². The number of nitrogens with zero attached hydrogens (tertiary/aromatic N) is 1. The second-order valence-corrected chi connectivity index (χ2v) is 7.61. The Kier molecular flexibility index (Phi) is 3.73. The third-order valence-corrected chi connectivity index (χ3v) is 6.01. The van der Waals surface area contributed by atoms with Gasteiger partial charge in [0.05, 0.1) is 16.3 Å². The molecule has 1 heterocycles. The molecule has 2 unspecified atom stereocenters. The fourth-order valence-corrected chi connectivity index (χ4v) is 4.77. The highest BCUT2D eigenvalue weighted by Crippen LogP contribution is 2.29. The zero-order chi connectivity index (χ0) is 12.5. The number of rotatable bonds is 3. The molecule has 1 saturated carbocycles. The smallest absolute Gasteiger partial charge is 0.206 e. The Morgan fingerprint density at radius 3 is 2.82 bits per heavy atom. The van der Waals surface area contributed by atoms with Gasteiger partial charge in [-0.25, -0.2) is 13.1 Å². The number of sulfonamides is 1. The van der Waals surface area contributed by atoms with Gasteiger partial charge in [-0.3, -0.25) is 0 Å². The quantitative estimate of drug-likeness (QED) is 0.929. The van der Waals surface area contributed by atoms with Crippen molar-refractivity contribution in [2.24, 2.45) is 5.92 Å². The normalized spacial score (nSPS) is 24.7. The molecule has 1 aromatic rings. The summed E-state index contributed by atoms with van der Waals surface area (Å²) in [6.45, 7) is 0. The van der Waals surface area contributed by atoms with Crippen LogP contribution < -0.4 is 4.72 Å². The predicted molar refractivity (Wildman–Crippen MR) is 66.4 cm³/mol. The maximum absolute atomic E-state index is 12.0. The summed E-state index contributed by atoms with van der Waals surface area (Å²) in [6, 6.07) is 4.90. The van der Waals surface area contributed by atoms with E-state index in [9.17, 15) is 8.42 Å². The van der Waals surface area contributed by atoms with Crippen molar-refractivity contribution in [2.75, 3.05) is 0 Å². The zero-order valence-electron chi connectivity index (χ0n) is 8.89. The number of thiophene rings is 1. The standard InChI is InChI=1S/C10H11ClN2O2S2/c11-9-4-5-10(16-9)17(14,15)13-8-3-1-2-7(8)6-12/h4-5,7-8,13H,1-3H2. The van der Waals surface area contributed by atoms with Crippen molar-refractivity contribution < 1.29 is 8.42 Å². The van der Waals surface area contributed by atoms with Crippen molar-refractivity contribution in [1.29, 1.82) is 5.26 Å². The molecule has 0 amide bonds. The fraction of sp³-hybridized carbons (Fsp3) is 0.500. The number of nitrogens with one attached hydrogen (secondary N) is 1. The lowest BCUT2D eigenvalue weighted by molar-refractivity contribution is 0.516. The average Bonchev–Trinajstić information content (AvgIpc) is 2.86. The average molecular weight is 291 g/mol. The van der Waals surface area contributed by atoms with Gasteiger partial charge < -0.3 is 0 Å². The van der Waals surface area contributed by atoms with Crippen molar-refractivity contribution in [1.82, 2.24) is 4.72 Å². The molecule has 4 nitrogen and oxygen atoms in total. The second-order valence-electron chi connectivity index (χ2n) is 3.95. The van der Waals surface area contributed by atoms with Gasteiger partial charge in [0, 0.05) is 6.04 Å². The second kappa shape index (κ2) is 4.94. The molecule has 1 aliphatic carbocycles. The van der Waals surface area contributed by atoms with Crippen LogP contribution in [0.25, 0.3) is 0 Å². The van der Waals surface area contributed by atoms with E-state index in [1.165, 1.54) is 6.07 Å². The van der Waals surface area contributed by atoms with Crippen molar-refractivity contribution >= 4 is 33.0 Å². The van der Waals surface area contributed by atoms with Gasteiger partial charge >= 0.3 is 0 Å². The molecule has 1 N–H and O–H groups in total. The molecule has 1 fully saturated rings. The summed E-state index contributed by atoms with van der Waals surface area (Å²) in [5.74, 6) is -0.222. The van der Waals surface area contributed by atoms with Crippen LogP contribution in [0.5, 0.6) is 0 Å². The van der Waals surface area contributed by atoms with Crippen molar-refractivity contribution in [3.63, 3.8) is 0 Å². The van der Waals surface area contributed by atoms with E-state index in [4.69, 9.17) is 16.9 Å². The topological polar surface area (TPSA) is 70.0 Å². The minimum absolute atomic E-state index is 0.200. The molecular formula is C10H11ClN2O2S2. The van der Waals surface area contributed by atoms with E-state index in [0.717, 1.165) is 30.6 Å². The highest BCUT2D eigenvalue weighted by molar-refractivity contribution is 7.91.